The standard InChI is InChI=1S/C10H19NO3S/c1-2-9-8-11(6-7-14-9)15(12,13)10-4-3-5-10/h9-10H,2-8H2,1H3/t9-/m0/s1. The van der Waals surface area contributed by atoms with Crippen molar-refractivity contribution in [3.63, 3.8) is 0 Å². The highest BCUT2D eigenvalue weighted by molar-refractivity contribution is 7.89. The van der Waals surface area contributed by atoms with Gasteiger partial charge in [0.2, 0.25) is 10.0 Å². The molecule has 0 spiro atoms. The third-order valence-electron chi connectivity index (χ3n) is 3.39. The van der Waals surface area contributed by atoms with Gasteiger partial charge in [-0.25, -0.2) is 8.42 Å². The molecule has 15 heavy (non-hydrogen) atoms. The van der Waals surface area contributed by atoms with Gasteiger partial charge in [0.05, 0.1) is 18.0 Å². The Bertz CT molecular complexity index is 311. The van der Waals surface area contributed by atoms with Crippen LogP contribution in [-0.2, 0) is 14.8 Å². The van der Waals surface area contributed by atoms with Gasteiger partial charge in [0.1, 0.15) is 0 Å². The summed E-state index contributed by atoms with van der Waals surface area (Å²) in [6, 6.07) is 0. The van der Waals surface area contributed by atoms with E-state index in [0.717, 1.165) is 25.7 Å². The van der Waals surface area contributed by atoms with E-state index < -0.39 is 10.0 Å². The Morgan fingerprint density at radius 3 is 2.67 bits per heavy atom. The number of rotatable bonds is 3. The van der Waals surface area contributed by atoms with Crippen LogP contribution in [0.2, 0.25) is 0 Å². The van der Waals surface area contributed by atoms with Gasteiger partial charge < -0.3 is 4.74 Å². The van der Waals surface area contributed by atoms with Crippen LogP contribution in [0, 0.1) is 0 Å². The normalized spacial score (nSPS) is 30.1. The Hall–Kier alpha value is -0.130. The number of hydrogen-bond donors (Lipinski definition) is 0. The molecular formula is C10H19NO3S. The van der Waals surface area contributed by atoms with Crippen molar-refractivity contribution < 1.29 is 13.2 Å². The van der Waals surface area contributed by atoms with Gasteiger partial charge in [0.15, 0.2) is 0 Å². The van der Waals surface area contributed by atoms with Crippen molar-refractivity contribution in [2.75, 3.05) is 19.7 Å². The molecule has 1 atom stereocenters. The zero-order valence-electron chi connectivity index (χ0n) is 9.18. The molecule has 1 aliphatic carbocycles. The van der Waals surface area contributed by atoms with Gasteiger partial charge in [-0.1, -0.05) is 13.3 Å². The molecule has 4 nitrogen and oxygen atoms in total. The van der Waals surface area contributed by atoms with Crippen molar-refractivity contribution in [2.24, 2.45) is 0 Å². The van der Waals surface area contributed by atoms with Gasteiger partial charge in [0, 0.05) is 13.1 Å². The fourth-order valence-corrected chi connectivity index (χ4v) is 4.10. The first kappa shape index (κ1) is 11.4. The molecule has 0 bridgehead atoms. The molecule has 0 aromatic heterocycles. The molecule has 1 saturated heterocycles. The van der Waals surface area contributed by atoms with Crippen LogP contribution in [0.15, 0.2) is 0 Å². The van der Waals surface area contributed by atoms with E-state index in [1.165, 1.54) is 0 Å². The second-order valence-corrected chi connectivity index (χ2v) is 6.57. The molecule has 2 rings (SSSR count). The predicted molar refractivity (Wildman–Crippen MR) is 58.2 cm³/mol. The summed E-state index contributed by atoms with van der Waals surface area (Å²) in [5.74, 6) is 0. The number of hydrogen-bond acceptors (Lipinski definition) is 3. The summed E-state index contributed by atoms with van der Waals surface area (Å²) in [5, 5.41) is -0.104. The van der Waals surface area contributed by atoms with E-state index in [1.54, 1.807) is 4.31 Å². The highest BCUT2D eigenvalue weighted by Gasteiger charge is 2.38. The minimum Gasteiger partial charge on any atom is -0.375 e. The molecule has 0 radical (unpaired) electrons. The van der Waals surface area contributed by atoms with Crippen molar-refractivity contribution in [3.05, 3.63) is 0 Å². The fraction of sp³-hybridized carbons (Fsp3) is 1.00. The van der Waals surface area contributed by atoms with Crippen molar-refractivity contribution in [2.45, 2.75) is 44.0 Å². The van der Waals surface area contributed by atoms with Gasteiger partial charge >= 0.3 is 0 Å². The molecule has 1 saturated carbocycles. The Balaban J connectivity index is 2.02. The molecule has 0 amide bonds. The van der Waals surface area contributed by atoms with Crippen molar-refractivity contribution in [3.8, 4) is 0 Å². The minimum atomic E-state index is -3.01. The molecule has 0 N–H and O–H groups in total. The second-order valence-electron chi connectivity index (χ2n) is 4.36. The average molecular weight is 233 g/mol. The summed E-state index contributed by atoms with van der Waals surface area (Å²) >= 11 is 0. The number of nitrogens with zero attached hydrogens (tertiary/aromatic N) is 1. The third kappa shape index (κ3) is 2.19. The van der Waals surface area contributed by atoms with Crippen molar-refractivity contribution >= 4 is 10.0 Å². The quantitative estimate of drug-likeness (QED) is 0.730. The number of morpholine rings is 1. The first-order chi connectivity index (χ1) is 7.14. The van der Waals surface area contributed by atoms with Gasteiger partial charge in [-0.15, -0.1) is 0 Å². The molecule has 0 aromatic carbocycles. The van der Waals surface area contributed by atoms with Crippen LogP contribution >= 0.6 is 0 Å². The van der Waals surface area contributed by atoms with Crippen LogP contribution in [0.3, 0.4) is 0 Å². The van der Waals surface area contributed by atoms with Crippen LogP contribution in [0.25, 0.3) is 0 Å². The fourth-order valence-electron chi connectivity index (χ4n) is 2.05. The van der Waals surface area contributed by atoms with Crippen LogP contribution in [0.5, 0.6) is 0 Å². The molecule has 2 aliphatic rings. The van der Waals surface area contributed by atoms with Crippen LogP contribution in [0.4, 0.5) is 0 Å². The summed E-state index contributed by atoms with van der Waals surface area (Å²) in [5.41, 5.74) is 0. The summed E-state index contributed by atoms with van der Waals surface area (Å²) < 4.78 is 31.3. The predicted octanol–water partition coefficient (Wildman–Crippen LogP) is 0.980. The largest absolute Gasteiger partial charge is 0.375 e. The van der Waals surface area contributed by atoms with Gasteiger partial charge in [-0.2, -0.15) is 4.31 Å². The molecule has 1 aliphatic heterocycles. The van der Waals surface area contributed by atoms with Crippen molar-refractivity contribution in [1.82, 2.24) is 4.31 Å². The van der Waals surface area contributed by atoms with Crippen LogP contribution in [0.1, 0.15) is 32.6 Å². The van der Waals surface area contributed by atoms with Crippen LogP contribution < -0.4 is 0 Å². The maximum atomic E-state index is 12.1. The number of ether oxygens (including phenoxy) is 1. The molecule has 1 heterocycles. The minimum absolute atomic E-state index is 0.0913. The smallest absolute Gasteiger partial charge is 0.217 e. The summed E-state index contributed by atoms with van der Waals surface area (Å²) in [6.45, 7) is 3.67. The second kappa shape index (κ2) is 4.39. The monoisotopic (exact) mass is 233 g/mol. The molecule has 2 fully saturated rings. The lowest BCUT2D eigenvalue weighted by Crippen LogP contribution is -2.50. The Morgan fingerprint density at radius 2 is 2.13 bits per heavy atom. The molecular weight excluding hydrogens is 214 g/mol. The maximum absolute atomic E-state index is 12.1. The van der Waals surface area contributed by atoms with E-state index in [-0.39, 0.29) is 11.4 Å². The van der Waals surface area contributed by atoms with E-state index in [9.17, 15) is 8.42 Å². The lowest BCUT2D eigenvalue weighted by Gasteiger charge is -2.36. The third-order valence-corrected chi connectivity index (χ3v) is 5.76. The van der Waals surface area contributed by atoms with Crippen LogP contribution in [-0.4, -0.2) is 43.8 Å². The van der Waals surface area contributed by atoms with Gasteiger partial charge in [-0.3, -0.25) is 0 Å². The molecule has 5 heteroatoms. The van der Waals surface area contributed by atoms with E-state index in [1.807, 2.05) is 6.92 Å². The Labute approximate surface area is 91.6 Å². The van der Waals surface area contributed by atoms with Gasteiger partial charge in [-0.05, 0) is 19.3 Å². The molecule has 88 valence electrons. The Morgan fingerprint density at radius 1 is 1.40 bits per heavy atom. The highest BCUT2D eigenvalue weighted by atomic mass is 32.2. The lowest BCUT2D eigenvalue weighted by molar-refractivity contribution is -0.00330. The van der Waals surface area contributed by atoms with E-state index in [0.29, 0.717) is 19.7 Å². The summed E-state index contributed by atoms with van der Waals surface area (Å²) in [4.78, 5) is 0. The molecule has 0 unspecified atom stereocenters. The van der Waals surface area contributed by atoms with Gasteiger partial charge in [0.25, 0.3) is 0 Å². The van der Waals surface area contributed by atoms with E-state index in [2.05, 4.69) is 0 Å². The zero-order valence-corrected chi connectivity index (χ0v) is 10.0. The topological polar surface area (TPSA) is 46.6 Å². The van der Waals surface area contributed by atoms with E-state index >= 15 is 0 Å². The lowest BCUT2D eigenvalue weighted by atomic mass is 10.0. The first-order valence-electron chi connectivity index (χ1n) is 5.75. The highest BCUT2D eigenvalue weighted by Crippen LogP contribution is 2.29. The zero-order chi connectivity index (χ0) is 10.9. The summed E-state index contributed by atoms with van der Waals surface area (Å²) in [6.07, 6.45) is 3.73. The SMILES string of the molecule is CC[C@H]1CN(S(=O)(=O)C2CCC2)CCO1. The first-order valence-corrected chi connectivity index (χ1v) is 7.25. The molecule has 0 aromatic rings. The summed E-state index contributed by atoms with van der Waals surface area (Å²) in [7, 11) is -3.01. The van der Waals surface area contributed by atoms with E-state index in [4.69, 9.17) is 4.74 Å². The Kier molecular flexibility index (Phi) is 3.33. The van der Waals surface area contributed by atoms with Crippen molar-refractivity contribution in [1.29, 1.82) is 0 Å². The number of sulfonamides is 1. The maximum Gasteiger partial charge on any atom is 0.217 e. The average Bonchev–Trinajstić information content (AvgIpc) is 2.14.